The highest BCUT2D eigenvalue weighted by atomic mass is 16.5. The lowest BCUT2D eigenvalue weighted by Gasteiger charge is -2.23. The fourth-order valence-electron chi connectivity index (χ4n) is 5.39. The van der Waals surface area contributed by atoms with Gasteiger partial charge in [0.2, 0.25) is 5.91 Å². The van der Waals surface area contributed by atoms with Gasteiger partial charge in [0.05, 0.1) is 24.7 Å². The Morgan fingerprint density at radius 3 is 2.34 bits per heavy atom. The summed E-state index contributed by atoms with van der Waals surface area (Å²) in [6.45, 7) is 0.551. The first-order chi connectivity index (χ1) is 16.9. The molecule has 0 saturated carbocycles. The van der Waals surface area contributed by atoms with Crippen molar-refractivity contribution in [2.75, 3.05) is 26.3 Å². The summed E-state index contributed by atoms with van der Waals surface area (Å²) in [5, 5.41) is 21.8. The second kappa shape index (κ2) is 9.67. The lowest BCUT2D eigenvalue weighted by atomic mass is 9.98. The molecule has 0 spiro atoms. The van der Waals surface area contributed by atoms with Gasteiger partial charge in [-0.15, -0.1) is 0 Å². The van der Waals surface area contributed by atoms with Crippen molar-refractivity contribution in [1.29, 1.82) is 0 Å². The van der Waals surface area contributed by atoms with Crippen LogP contribution in [0.4, 0.5) is 4.79 Å². The maximum Gasteiger partial charge on any atom is 0.407 e. The Labute approximate surface area is 202 Å². The van der Waals surface area contributed by atoms with Crippen LogP contribution < -0.4 is 5.32 Å². The third-order valence-electron chi connectivity index (χ3n) is 7.09. The zero-order chi connectivity index (χ0) is 24.5. The van der Waals surface area contributed by atoms with Crippen LogP contribution in [-0.2, 0) is 19.1 Å². The van der Waals surface area contributed by atoms with E-state index >= 15 is 0 Å². The summed E-state index contributed by atoms with van der Waals surface area (Å²) in [6.07, 6.45) is -1.38. The van der Waals surface area contributed by atoms with Crippen molar-refractivity contribution in [3.05, 3.63) is 59.7 Å². The smallest absolute Gasteiger partial charge is 0.407 e. The Hall–Kier alpha value is -3.43. The minimum atomic E-state index is -1.12. The zero-order valence-electron chi connectivity index (χ0n) is 19.1. The molecule has 9 heteroatoms. The van der Waals surface area contributed by atoms with Crippen LogP contribution >= 0.6 is 0 Å². The molecule has 184 valence electrons. The van der Waals surface area contributed by atoms with E-state index in [1.54, 1.807) is 0 Å². The predicted molar refractivity (Wildman–Crippen MR) is 125 cm³/mol. The van der Waals surface area contributed by atoms with Gasteiger partial charge in [0.15, 0.2) is 0 Å². The number of carbonyl (C=O) groups excluding carboxylic acids is 2. The number of amides is 2. The van der Waals surface area contributed by atoms with Crippen LogP contribution in [0.1, 0.15) is 29.9 Å². The number of carboxylic acid groups (broad SMARTS) is 1. The van der Waals surface area contributed by atoms with Crippen molar-refractivity contribution >= 4 is 18.0 Å². The van der Waals surface area contributed by atoms with E-state index in [0.717, 1.165) is 22.3 Å². The Bertz CT molecular complexity index is 1090. The lowest BCUT2D eigenvalue weighted by Crippen LogP contribution is -2.44. The van der Waals surface area contributed by atoms with Gasteiger partial charge in [-0.3, -0.25) is 4.79 Å². The van der Waals surface area contributed by atoms with E-state index in [-0.39, 0.29) is 50.7 Å². The minimum Gasteiger partial charge on any atom is -0.480 e. The molecule has 2 saturated heterocycles. The summed E-state index contributed by atoms with van der Waals surface area (Å²) in [6, 6.07) is 15.2. The van der Waals surface area contributed by atoms with Crippen LogP contribution in [0.15, 0.2) is 48.5 Å². The van der Waals surface area contributed by atoms with Crippen LogP contribution in [0.5, 0.6) is 0 Å². The first-order valence-corrected chi connectivity index (χ1v) is 11.8. The SMILES string of the molecule is O=C(NCC1CC(C(=O)N2CC(O)C[C@H]2C(=O)O)CO1)OCC1c2ccccc2-c2ccccc21. The number of ether oxygens (including phenoxy) is 2. The molecule has 0 aromatic heterocycles. The lowest BCUT2D eigenvalue weighted by molar-refractivity contribution is -0.149. The van der Waals surface area contributed by atoms with E-state index in [2.05, 4.69) is 29.6 Å². The molecular weight excluding hydrogens is 452 g/mol. The number of rotatable bonds is 6. The molecule has 2 aliphatic heterocycles. The first-order valence-electron chi connectivity index (χ1n) is 11.8. The third kappa shape index (κ3) is 4.61. The van der Waals surface area contributed by atoms with Crippen LogP contribution in [0.25, 0.3) is 11.1 Å². The van der Waals surface area contributed by atoms with Crippen molar-refractivity contribution in [3.8, 4) is 11.1 Å². The standard InChI is InChI=1S/C26H28N2O7/c29-16-10-23(25(31)32)28(12-16)24(30)15-9-17(34-13-15)11-27-26(33)35-14-22-20-7-3-1-5-18(20)19-6-2-4-8-21(19)22/h1-8,15-17,22-23,29H,9-14H2,(H,27,33)(H,31,32)/t15?,16?,17?,23-/m0/s1. The molecule has 2 fully saturated rings. The van der Waals surface area contributed by atoms with Crippen LogP contribution in [0, 0.1) is 5.92 Å². The third-order valence-corrected chi connectivity index (χ3v) is 7.09. The largest absolute Gasteiger partial charge is 0.480 e. The topological polar surface area (TPSA) is 125 Å². The maximum atomic E-state index is 12.8. The second-order valence-corrected chi connectivity index (χ2v) is 9.33. The molecule has 35 heavy (non-hydrogen) atoms. The number of fused-ring (bicyclic) bond motifs is 3. The molecule has 5 rings (SSSR count). The number of carboxylic acids is 1. The fraction of sp³-hybridized carbons (Fsp3) is 0.423. The minimum absolute atomic E-state index is 0.00890. The van der Waals surface area contributed by atoms with Gasteiger partial charge in [0, 0.05) is 25.4 Å². The van der Waals surface area contributed by atoms with Gasteiger partial charge in [-0.2, -0.15) is 0 Å². The Morgan fingerprint density at radius 1 is 1.03 bits per heavy atom. The van der Waals surface area contributed by atoms with Crippen molar-refractivity contribution in [2.45, 2.75) is 37.0 Å². The van der Waals surface area contributed by atoms with Gasteiger partial charge < -0.3 is 29.9 Å². The van der Waals surface area contributed by atoms with E-state index in [0.29, 0.717) is 6.42 Å². The summed E-state index contributed by atoms with van der Waals surface area (Å²) in [5.74, 6) is -1.99. The zero-order valence-corrected chi connectivity index (χ0v) is 19.1. The van der Waals surface area contributed by atoms with Crippen molar-refractivity contribution in [3.63, 3.8) is 0 Å². The van der Waals surface area contributed by atoms with Crippen LogP contribution in [0.3, 0.4) is 0 Å². The molecule has 2 aromatic carbocycles. The van der Waals surface area contributed by atoms with Gasteiger partial charge in [0.25, 0.3) is 0 Å². The van der Waals surface area contributed by atoms with Crippen molar-refractivity contribution in [1.82, 2.24) is 10.2 Å². The average Bonchev–Trinajstić information content (AvgIpc) is 3.57. The summed E-state index contributed by atoms with van der Waals surface area (Å²) >= 11 is 0. The molecule has 2 aromatic rings. The number of hydrogen-bond acceptors (Lipinski definition) is 6. The maximum absolute atomic E-state index is 12.8. The number of hydrogen-bond donors (Lipinski definition) is 3. The average molecular weight is 481 g/mol. The van der Waals surface area contributed by atoms with Gasteiger partial charge in [0.1, 0.15) is 12.6 Å². The molecule has 3 unspecified atom stereocenters. The highest BCUT2D eigenvalue weighted by Crippen LogP contribution is 2.44. The van der Waals surface area contributed by atoms with Crippen molar-refractivity contribution in [2.24, 2.45) is 5.92 Å². The van der Waals surface area contributed by atoms with Gasteiger partial charge in [-0.1, -0.05) is 48.5 Å². The molecule has 9 nitrogen and oxygen atoms in total. The van der Waals surface area contributed by atoms with Crippen LogP contribution in [0.2, 0.25) is 0 Å². The predicted octanol–water partition coefficient (Wildman–Crippen LogP) is 1.98. The second-order valence-electron chi connectivity index (χ2n) is 9.33. The number of β-amino-alcohol motifs (C(OH)–C–C–N with tert-alkyl or cyclic N) is 1. The quantitative estimate of drug-likeness (QED) is 0.577. The molecule has 0 bridgehead atoms. The molecule has 3 N–H and O–H groups in total. The van der Waals surface area contributed by atoms with Gasteiger partial charge >= 0.3 is 12.1 Å². The fourth-order valence-corrected chi connectivity index (χ4v) is 5.39. The molecule has 2 heterocycles. The Kier molecular flexibility index (Phi) is 6.44. The Balaban J connectivity index is 1.11. The molecule has 1 aliphatic carbocycles. The number of alkyl carbamates (subject to hydrolysis) is 1. The summed E-state index contributed by atoms with van der Waals surface area (Å²) in [4.78, 5) is 37.8. The van der Waals surface area contributed by atoms with E-state index in [9.17, 15) is 24.6 Å². The number of nitrogens with zero attached hydrogens (tertiary/aromatic N) is 1. The molecule has 3 aliphatic rings. The first kappa shape index (κ1) is 23.3. The summed E-state index contributed by atoms with van der Waals surface area (Å²) in [7, 11) is 0. The van der Waals surface area contributed by atoms with Gasteiger partial charge in [-0.05, 0) is 28.7 Å². The summed E-state index contributed by atoms with van der Waals surface area (Å²) in [5.41, 5.74) is 4.58. The highest BCUT2D eigenvalue weighted by molar-refractivity contribution is 5.86. The highest BCUT2D eigenvalue weighted by Gasteiger charge is 2.43. The molecular formula is C26H28N2O7. The normalized spacial score (nSPS) is 25.2. The van der Waals surface area contributed by atoms with Crippen LogP contribution in [-0.4, -0.2) is 77.6 Å². The van der Waals surface area contributed by atoms with Gasteiger partial charge in [-0.25, -0.2) is 9.59 Å². The summed E-state index contributed by atoms with van der Waals surface area (Å²) < 4.78 is 11.2. The molecule has 2 amide bonds. The number of aliphatic hydroxyl groups excluding tert-OH is 1. The molecule has 4 atom stereocenters. The Morgan fingerprint density at radius 2 is 1.69 bits per heavy atom. The number of benzene rings is 2. The monoisotopic (exact) mass is 480 g/mol. The van der Waals surface area contributed by atoms with E-state index in [4.69, 9.17) is 9.47 Å². The van der Waals surface area contributed by atoms with Crippen molar-refractivity contribution < 1.29 is 34.1 Å². The van der Waals surface area contributed by atoms with E-state index in [1.165, 1.54) is 4.90 Å². The molecule has 0 radical (unpaired) electrons. The number of aliphatic hydroxyl groups is 1. The number of likely N-dealkylation sites (tertiary alicyclic amines) is 1. The number of nitrogens with one attached hydrogen (secondary N) is 1. The number of carbonyl (C=O) groups is 3. The van der Waals surface area contributed by atoms with E-state index < -0.39 is 30.1 Å². The van der Waals surface area contributed by atoms with E-state index in [1.807, 2.05) is 24.3 Å². The number of aliphatic carboxylic acids is 1.